The van der Waals surface area contributed by atoms with Crippen molar-refractivity contribution < 1.29 is 0 Å². The third-order valence-corrected chi connectivity index (χ3v) is 5.23. The molecule has 0 aliphatic rings. The number of benzene rings is 1. The number of H-pyrrole nitrogens is 1. The minimum Gasteiger partial charge on any atom is -0.357 e. The molecule has 0 atom stereocenters. The number of rotatable bonds is 6. The summed E-state index contributed by atoms with van der Waals surface area (Å²) in [5.74, 6) is 1.77. The molecule has 6 nitrogen and oxygen atoms in total. The van der Waals surface area contributed by atoms with Crippen molar-refractivity contribution >= 4 is 41.3 Å². The van der Waals surface area contributed by atoms with Crippen LogP contribution in [0.2, 0.25) is 0 Å². The molecule has 0 saturated heterocycles. The molecule has 3 rings (SSSR count). The summed E-state index contributed by atoms with van der Waals surface area (Å²) in [6.07, 6.45) is 1.88. The van der Waals surface area contributed by atoms with Crippen molar-refractivity contribution in [1.29, 1.82) is 0 Å². The Labute approximate surface area is 187 Å². The monoisotopic (exact) mass is 510 g/mol. The molecule has 0 aliphatic heterocycles. The molecular formula is C20H27IN6S. The number of aryl methyl sites for hydroxylation is 2. The van der Waals surface area contributed by atoms with E-state index in [0.717, 1.165) is 40.3 Å². The summed E-state index contributed by atoms with van der Waals surface area (Å²) in [6.45, 7) is 8.25. The Bertz CT molecular complexity index is 903. The van der Waals surface area contributed by atoms with E-state index in [2.05, 4.69) is 44.2 Å². The van der Waals surface area contributed by atoms with Gasteiger partial charge < -0.3 is 15.2 Å². The van der Waals surface area contributed by atoms with Crippen LogP contribution in [-0.2, 0) is 13.1 Å². The minimum atomic E-state index is 0. The van der Waals surface area contributed by atoms with Gasteiger partial charge in [0, 0.05) is 18.5 Å². The zero-order valence-corrected chi connectivity index (χ0v) is 19.8. The van der Waals surface area contributed by atoms with Crippen LogP contribution >= 0.6 is 35.3 Å². The second kappa shape index (κ2) is 10.6. The van der Waals surface area contributed by atoms with E-state index in [1.807, 2.05) is 45.3 Å². The van der Waals surface area contributed by atoms with Crippen molar-refractivity contribution in [1.82, 2.24) is 25.2 Å². The van der Waals surface area contributed by atoms with E-state index >= 15 is 0 Å². The van der Waals surface area contributed by atoms with Gasteiger partial charge in [0.05, 0.1) is 35.7 Å². The van der Waals surface area contributed by atoms with Crippen molar-refractivity contribution in [2.24, 2.45) is 4.99 Å². The zero-order chi connectivity index (χ0) is 19.2. The third-order valence-electron chi connectivity index (χ3n) is 4.17. The highest BCUT2D eigenvalue weighted by Crippen LogP contribution is 2.19. The van der Waals surface area contributed by atoms with Crippen LogP contribution in [0, 0.1) is 13.8 Å². The van der Waals surface area contributed by atoms with Crippen LogP contribution in [-0.4, -0.2) is 39.4 Å². The molecule has 28 heavy (non-hydrogen) atoms. The first-order valence-electron chi connectivity index (χ1n) is 9.08. The number of aromatic nitrogens is 3. The Hall–Kier alpha value is -1.94. The second-order valence-electron chi connectivity index (χ2n) is 6.38. The number of guanidine groups is 1. The second-order valence-corrected chi connectivity index (χ2v) is 7.67. The fraction of sp³-hybridized carbons (Fsp3) is 0.350. The van der Waals surface area contributed by atoms with Gasteiger partial charge in [0.15, 0.2) is 5.96 Å². The highest BCUT2D eigenvalue weighted by molar-refractivity contribution is 14.0. The highest BCUT2D eigenvalue weighted by atomic mass is 127. The number of nitrogens with one attached hydrogen (secondary N) is 2. The van der Waals surface area contributed by atoms with Gasteiger partial charge in [0.1, 0.15) is 5.82 Å². The molecule has 8 heteroatoms. The number of halogens is 1. The molecule has 0 unspecified atom stereocenters. The Kier molecular flexibility index (Phi) is 8.43. The predicted molar refractivity (Wildman–Crippen MR) is 127 cm³/mol. The van der Waals surface area contributed by atoms with E-state index in [0.29, 0.717) is 13.1 Å². The quantitative estimate of drug-likeness (QED) is 0.294. The highest BCUT2D eigenvalue weighted by Gasteiger charge is 2.11. The van der Waals surface area contributed by atoms with Gasteiger partial charge in [-0.25, -0.2) is 15.0 Å². The normalized spacial score (nSPS) is 11.2. The Morgan fingerprint density at radius 1 is 1.25 bits per heavy atom. The van der Waals surface area contributed by atoms with E-state index in [1.54, 1.807) is 11.3 Å². The number of hydrogen-bond acceptors (Lipinski definition) is 4. The standard InChI is InChI=1S/C20H26N6S.HI/c1-5-21-20(23-12-18-14(2)24-15(3)27-18)26(4)13-19-22-11-17(25-19)16-9-7-6-8-10-16;/h6-11H,5,12-13H2,1-4H3,(H,21,23)(H,22,25);1H. The summed E-state index contributed by atoms with van der Waals surface area (Å²) in [7, 11) is 2.02. The fourth-order valence-corrected chi connectivity index (χ4v) is 3.70. The largest absolute Gasteiger partial charge is 0.357 e. The third kappa shape index (κ3) is 5.78. The molecule has 0 saturated carbocycles. The summed E-state index contributed by atoms with van der Waals surface area (Å²) in [5.41, 5.74) is 3.23. The molecule has 1 aromatic carbocycles. The van der Waals surface area contributed by atoms with Gasteiger partial charge >= 0.3 is 0 Å². The molecule has 0 fully saturated rings. The first-order chi connectivity index (χ1) is 13.1. The first-order valence-corrected chi connectivity index (χ1v) is 9.90. The van der Waals surface area contributed by atoms with Gasteiger partial charge in [-0.2, -0.15) is 0 Å². The van der Waals surface area contributed by atoms with Crippen LogP contribution < -0.4 is 5.32 Å². The van der Waals surface area contributed by atoms with Crippen LogP contribution in [0.3, 0.4) is 0 Å². The molecule has 0 amide bonds. The number of hydrogen-bond donors (Lipinski definition) is 2. The van der Waals surface area contributed by atoms with Gasteiger partial charge in [-0.15, -0.1) is 35.3 Å². The molecule has 0 aliphatic carbocycles. The number of imidazole rings is 1. The van der Waals surface area contributed by atoms with Crippen molar-refractivity contribution in [2.75, 3.05) is 13.6 Å². The first kappa shape index (κ1) is 22.4. The van der Waals surface area contributed by atoms with Gasteiger partial charge in [0.2, 0.25) is 0 Å². The lowest BCUT2D eigenvalue weighted by atomic mass is 10.2. The number of nitrogens with zero attached hydrogens (tertiary/aromatic N) is 4. The van der Waals surface area contributed by atoms with Crippen molar-refractivity contribution in [3.8, 4) is 11.3 Å². The van der Waals surface area contributed by atoms with E-state index < -0.39 is 0 Å². The molecule has 3 aromatic rings. The lowest BCUT2D eigenvalue weighted by molar-refractivity contribution is 0.464. The summed E-state index contributed by atoms with van der Waals surface area (Å²) in [5, 5.41) is 4.44. The molecule has 0 bridgehead atoms. The van der Waals surface area contributed by atoms with Crippen molar-refractivity contribution in [2.45, 2.75) is 33.9 Å². The minimum absolute atomic E-state index is 0. The Morgan fingerprint density at radius 2 is 2.00 bits per heavy atom. The van der Waals surface area contributed by atoms with Crippen LogP contribution in [0.25, 0.3) is 11.3 Å². The SMILES string of the molecule is CCNC(=NCc1sc(C)nc1C)N(C)Cc1ncc(-c2ccccc2)[nH]1.I. The van der Waals surface area contributed by atoms with Crippen LogP contribution in [0.15, 0.2) is 41.5 Å². The van der Waals surface area contributed by atoms with Gasteiger partial charge in [-0.1, -0.05) is 30.3 Å². The van der Waals surface area contributed by atoms with E-state index in [-0.39, 0.29) is 24.0 Å². The zero-order valence-electron chi connectivity index (χ0n) is 16.7. The lowest BCUT2D eigenvalue weighted by Crippen LogP contribution is -2.38. The average Bonchev–Trinajstić information content (AvgIpc) is 3.25. The number of aromatic amines is 1. The van der Waals surface area contributed by atoms with Gasteiger partial charge in [0.25, 0.3) is 0 Å². The lowest BCUT2D eigenvalue weighted by Gasteiger charge is -2.21. The summed E-state index contributed by atoms with van der Waals surface area (Å²) in [4.78, 5) is 20.5. The Balaban J connectivity index is 0.00000280. The van der Waals surface area contributed by atoms with Gasteiger partial charge in [-0.3, -0.25) is 0 Å². The fourth-order valence-electron chi connectivity index (χ4n) is 2.84. The maximum absolute atomic E-state index is 4.78. The van der Waals surface area contributed by atoms with Crippen LogP contribution in [0.1, 0.15) is 28.3 Å². The maximum atomic E-state index is 4.78. The van der Waals surface area contributed by atoms with E-state index in [9.17, 15) is 0 Å². The van der Waals surface area contributed by atoms with E-state index in [4.69, 9.17) is 4.99 Å². The van der Waals surface area contributed by atoms with Crippen LogP contribution in [0.4, 0.5) is 0 Å². The molecule has 0 spiro atoms. The molecule has 2 heterocycles. The smallest absolute Gasteiger partial charge is 0.194 e. The van der Waals surface area contributed by atoms with Crippen molar-refractivity contribution in [3.05, 3.63) is 57.9 Å². The maximum Gasteiger partial charge on any atom is 0.194 e. The van der Waals surface area contributed by atoms with Crippen LogP contribution in [0.5, 0.6) is 0 Å². The van der Waals surface area contributed by atoms with Crippen molar-refractivity contribution in [3.63, 3.8) is 0 Å². The Morgan fingerprint density at radius 3 is 2.64 bits per heavy atom. The summed E-state index contributed by atoms with van der Waals surface area (Å²) >= 11 is 1.71. The molecule has 150 valence electrons. The molecule has 2 aromatic heterocycles. The summed E-state index contributed by atoms with van der Waals surface area (Å²) < 4.78 is 0. The number of thiazole rings is 1. The molecule has 0 radical (unpaired) electrons. The topological polar surface area (TPSA) is 69.2 Å². The molecule has 2 N–H and O–H groups in total. The molecular weight excluding hydrogens is 483 g/mol. The summed E-state index contributed by atoms with van der Waals surface area (Å²) in [6, 6.07) is 10.2. The van der Waals surface area contributed by atoms with Gasteiger partial charge in [-0.05, 0) is 26.3 Å². The predicted octanol–water partition coefficient (Wildman–Crippen LogP) is 4.37. The average molecular weight is 510 g/mol. The number of aliphatic imine (C=N–C) groups is 1. The van der Waals surface area contributed by atoms with E-state index in [1.165, 1.54) is 4.88 Å².